The maximum absolute atomic E-state index is 12.4. The van der Waals surface area contributed by atoms with Crippen LogP contribution in [0.2, 0.25) is 0 Å². The Labute approximate surface area is 142 Å². The molecule has 5 nitrogen and oxygen atoms in total. The van der Waals surface area contributed by atoms with E-state index in [-0.39, 0.29) is 16.6 Å². The number of carbonyl (C=O) groups excluding carboxylic acids is 1. The molecular weight excluding hydrogens is 326 g/mol. The van der Waals surface area contributed by atoms with E-state index in [1.54, 1.807) is 30.3 Å². The second-order valence-electron chi connectivity index (χ2n) is 5.96. The van der Waals surface area contributed by atoms with Crippen LogP contribution in [0.25, 0.3) is 0 Å². The van der Waals surface area contributed by atoms with Gasteiger partial charge in [-0.05, 0) is 42.2 Å². The minimum Gasteiger partial charge on any atom is -0.377 e. The van der Waals surface area contributed by atoms with Gasteiger partial charge >= 0.3 is 10.1 Å². The Morgan fingerprint density at radius 2 is 1.71 bits per heavy atom. The van der Waals surface area contributed by atoms with Crippen LogP contribution < -0.4 is 9.50 Å². The van der Waals surface area contributed by atoms with Crippen LogP contribution in [0.5, 0.6) is 5.75 Å². The second-order valence-corrected chi connectivity index (χ2v) is 7.50. The summed E-state index contributed by atoms with van der Waals surface area (Å²) < 4.78 is 30.1. The van der Waals surface area contributed by atoms with Gasteiger partial charge in [0.1, 0.15) is 4.90 Å². The monoisotopic (exact) mass is 347 g/mol. The van der Waals surface area contributed by atoms with Gasteiger partial charge in [0.25, 0.3) is 0 Å². The van der Waals surface area contributed by atoms with Crippen molar-refractivity contribution in [2.24, 2.45) is 5.92 Å². The first-order valence-electron chi connectivity index (χ1n) is 7.68. The van der Waals surface area contributed by atoms with E-state index in [4.69, 9.17) is 4.18 Å². The van der Waals surface area contributed by atoms with E-state index in [1.807, 2.05) is 0 Å². The van der Waals surface area contributed by atoms with E-state index >= 15 is 0 Å². The van der Waals surface area contributed by atoms with Crippen LogP contribution in [0, 0.1) is 5.92 Å². The molecule has 0 aliphatic heterocycles. The molecule has 0 saturated carbocycles. The minimum atomic E-state index is -3.97. The molecular formula is C18H21NO4S. The summed E-state index contributed by atoms with van der Waals surface area (Å²) in [5.41, 5.74) is 1.38. The van der Waals surface area contributed by atoms with Crippen LogP contribution in [-0.4, -0.2) is 14.3 Å². The molecule has 0 bridgehead atoms. The molecule has 24 heavy (non-hydrogen) atoms. The summed E-state index contributed by atoms with van der Waals surface area (Å²) in [6.45, 7) is 5.55. The average Bonchev–Trinajstić information content (AvgIpc) is 2.48. The molecule has 0 unspecified atom stereocenters. The van der Waals surface area contributed by atoms with E-state index in [1.165, 1.54) is 25.1 Å². The zero-order chi connectivity index (χ0) is 17.7. The highest BCUT2D eigenvalue weighted by molar-refractivity contribution is 7.87. The second kappa shape index (κ2) is 7.49. The fraction of sp³-hybridized carbons (Fsp3) is 0.278. The molecule has 2 rings (SSSR count). The number of rotatable bonds is 6. The quantitative estimate of drug-likeness (QED) is 0.810. The molecule has 0 atom stereocenters. The Bertz CT molecular complexity index is 811. The number of hydrogen-bond acceptors (Lipinski definition) is 4. The van der Waals surface area contributed by atoms with Crippen molar-refractivity contribution in [2.45, 2.75) is 32.1 Å². The Balaban J connectivity index is 2.24. The average molecular weight is 347 g/mol. The van der Waals surface area contributed by atoms with Crippen molar-refractivity contribution < 1.29 is 17.4 Å². The maximum atomic E-state index is 12.4. The normalized spacial score (nSPS) is 11.3. The van der Waals surface area contributed by atoms with Crippen molar-refractivity contribution in [2.75, 3.05) is 5.32 Å². The molecule has 2 aromatic rings. The van der Waals surface area contributed by atoms with Crippen LogP contribution in [0.4, 0.5) is 5.69 Å². The van der Waals surface area contributed by atoms with Gasteiger partial charge in [0, 0.05) is 6.92 Å². The van der Waals surface area contributed by atoms with Gasteiger partial charge in [0.15, 0.2) is 5.75 Å². The molecule has 0 aliphatic rings. The number of carbonyl (C=O) groups is 1. The molecule has 6 heteroatoms. The standard InChI is InChI=1S/C18H21NO4S/c1-13(2)12-15-8-10-16(11-9-15)24(21,22)23-18-7-5-4-6-17(18)19-14(3)20/h4-11,13H,12H2,1-3H3,(H,19,20). The van der Waals surface area contributed by atoms with Gasteiger partial charge in [-0.1, -0.05) is 38.1 Å². The smallest absolute Gasteiger partial charge is 0.339 e. The molecule has 0 saturated heterocycles. The first kappa shape index (κ1) is 18.0. The minimum absolute atomic E-state index is 0.0765. The van der Waals surface area contributed by atoms with Gasteiger partial charge < -0.3 is 9.50 Å². The molecule has 1 amide bonds. The lowest BCUT2D eigenvalue weighted by Gasteiger charge is -2.12. The highest BCUT2D eigenvalue weighted by Crippen LogP contribution is 2.27. The molecule has 0 fully saturated rings. The lowest BCUT2D eigenvalue weighted by atomic mass is 10.0. The fourth-order valence-electron chi connectivity index (χ4n) is 2.26. The number of anilines is 1. The number of hydrogen-bond donors (Lipinski definition) is 1. The van der Waals surface area contributed by atoms with Crippen molar-refractivity contribution in [3.8, 4) is 5.75 Å². The predicted molar refractivity (Wildman–Crippen MR) is 93.5 cm³/mol. The highest BCUT2D eigenvalue weighted by Gasteiger charge is 2.18. The third-order valence-electron chi connectivity index (χ3n) is 3.25. The molecule has 0 spiro atoms. The van der Waals surface area contributed by atoms with E-state index in [0.717, 1.165) is 12.0 Å². The van der Waals surface area contributed by atoms with E-state index in [2.05, 4.69) is 19.2 Å². The molecule has 0 aromatic heterocycles. The topological polar surface area (TPSA) is 72.5 Å². The lowest BCUT2D eigenvalue weighted by molar-refractivity contribution is -0.114. The van der Waals surface area contributed by atoms with Gasteiger partial charge in [-0.3, -0.25) is 4.79 Å². The van der Waals surface area contributed by atoms with Crippen LogP contribution in [0.1, 0.15) is 26.3 Å². The lowest BCUT2D eigenvalue weighted by Crippen LogP contribution is -2.13. The number of para-hydroxylation sites is 2. The van der Waals surface area contributed by atoms with Crippen molar-refractivity contribution in [1.29, 1.82) is 0 Å². The van der Waals surface area contributed by atoms with Crippen molar-refractivity contribution >= 4 is 21.7 Å². The molecule has 0 heterocycles. The Hall–Kier alpha value is -2.34. The Morgan fingerprint density at radius 3 is 2.29 bits per heavy atom. The summed E-state index contributed by atoms with van der Waals surface area (Å²) >= 11 is 0. The largest absolute Gasteiger partial charge is 0.377 e. The maximum Gasteiger partial charge on any atom is 0.339 e. The predicted octanol–water partition coefficient (Wildman–Crippen LogP) is 3.61. The van der Waals surface area contributed by atoms with Crippen LogP contribution in [-0.2, 0) is 21.3 Å². The van der Waals surface area contributed by atoms with E-state index in [9.17, 15) is 13.2 Å². The zero-order valence-corrected chi connectivity index (χ0v) is 14.8. The van der Waals surface area contributed by atoms with Crippen LogP contribution in [0.15, 0.2) is 53.4 Å². The van der Waals surface area contributed by atoms with E-state index in [0.29, 0.717) is 11.6 Å². The van der Waals surface area contributed by atoms with Gasteiger partial charge in [-0.25, -0.2) is 0 Å². The molecule has 0 radical (unpaired) electrons. The SMILES string of the molecule is CC(=O)Nc1ccccc1OS(=O)(=O)c1ccc(CC(C)C)cc1. The van der Waals surface area contributed by atoms with Crippen molar-refractivity contribution in [1.82, 2.24) is 0 Å². The molecule has 128 valence electrons. The molecule has 2 aromatic carbocycles. The van der Waals surface area contributed by atoms with Crippen molar-refractivity contribution in [3.05, 3.63) is 54.1 Å². The summed E-state index contributed by atoms with van der Waals surface area (Å²) in [6.07, 6.45) is 0.881. The Kier molecular flexibility index (Phi) is 5.62. The summed E-state index contributed by atoms with van der Waals surface area (Å²) in [7, 11) is -3.97. The number of benzene rings is 2. The van der Waals surface area contributed by atoms with Crippen LogP contribution >= 0.6 is 0 Å². The summed E-state index contributed by atoms with van der Waals surface area (Å²) in [5.74, 6) is 0.272. The number of amides is 1. The number of nitrogens with one attached hydrogen (secondary N) is 1. The third kappa shape index (κ3) is 4.83. The molecule has 1 N–H and O–H groups in total. The first-order valence-corrected chi connectivity index (χ1v) is 9.09. The summed E-state index contributed by atoms with van der Waals surface area (Å²) in [5, 5.41) is 2.55. The third-order valence-corrected chi connectivity index (χ3v) is 4.50. The van der Waals surface area contributed by atoms with Crippen LogP contribution in [0.3, 0.4) is 0 Å². The zero-order valence-electron chi connectivity index (χ0n) is 13.9. The fourth-order valence-corrected chi connectivity index (χ4v) is 3.21. The summed E-state index contributed by atoms with van der Waals surface area (Å²) in [4.78, 5) is 11.3. The summed E-state index contributed by atoms with van der Waals surface area (Å²) in [6, 6.07) is 13.1. The van der Waals surface area contributed by atoms with Gasteiger partial charge in [-0.15, -0.1) is 0 Å². The van der Waals surface area contributed by atoms with E-state index < -0.39 is 10.1 Å². The highest BCUT2D eigenvalue weighted by atomic mass is 32.2. The van der Waals surface area contributed by atoms with Gasteiger partial charge in [0.05, 0.1) is 5.69 Å². The van der Waals surface area contributed by atoms with Gasteiger partial charge in [0.2, 0.25) is 5.91 Å². The van der Waals surface area contributed by atoms with Crippen molar-refractivity contribution in [3.63, 3.8) is 0 Å². The Morgan fingerprint density at radius 1 is 1.08 bits per heavy atom. The molecule has 0 aliphatic carbocycles. The first-order chi connectivity index (χ1) is 11.3. The van der Waals surface area contributed by atoms with Gasteiger partial charge in [-0.2, -0.15) is 8.42 Å².